The van der Waals surface area contributed by atoms with E-state index in [1.54, 1.807) is 0 Å². The predicted octanol–water partition coefficient (Wildman–Crippen LogP) is 1.46. The summed E-state index contributed by atoms with van der Waals surface area (Å²) in [6.45, 7) is 5.62. The molecule has 3 aliphatic rings. The Morgan fingerprint density at radius 3 is 2.33 bits per heavy atom. The van der Waals surface area contributed by atoms with Gasteiger partial charge in [0.05, 0.1) is 18.1 Å². The van der Waals surface area contributed by atoms with E-state index in [2.05, 4.69) is 23.8 Å². The van der Waals surface area contributed by atoms with Gasteiger partial charge in [0, 0.05) is 38.0 Å². The zero-order valence-corrected chi connectivity index (χ0v) is 16.5. The zero-order valence-electron chi connectivity index (χ0n) is 15.7. The van der Waals surface area contributed by atoms with Gasteiger partial charge in [0.25, 0.3) is 0 Å². The number of halogens is 1. The van der Waals surface area contributed by atoms with Crippen LogP contribution in [0.1, 0.15) is 33.1 Å². The van der Waals surface area contributed by atoms with E-state index in [4.69, 9.17) is 0 Å². The lowest BCUT2D eigenvalue weighted by atomic mass is 9.70. The number of sulfonamides is 1. The van der Waals surface area contributed by atoms with Gasteiger partial charge in [0.15, 0.2) is 5.82 Å². The van der Waals surface area contributed by atoms with Crippen molar-refractivity contribution < 1.29 is 17.6 Å². The number of rotatable bonds is 4. The van der Waals surface area contributed by atoms with Crippen molar-refractivity contribution in [2.24, 2.45) is 16.7 Å². The van der Waals surface area contributed by atoms with E-state index in [1.165, 1.54) is 4.31 Å². The second kappa shape index (κ2) is 6.20. The Labute approximate surface area is 159 Å². The summed E-state index contributed by atoms with van der Waals surface area (Å²) in [5, 5.41) is 0. The highest BCUT2D eigenvalue weighted by Gasteiger charge is 2.65. The number of Topliss-reactive ketones (excluding diaryl/α,β-unsaturated/α-hetero) is 1. The summed E-state index contributed by atoms with van der Waals surface area (Å²) in [4.78, 5) is 22.4. The van der Waals surface area contributed by atoms with Gasteiger partial charge in [-0.15, -0.1) is 0 Å². The van der Waals surface area contributed by atoms with Crippen LogP contribution in [-0.2, 0) is 14.8 Å². The highest BCUT2D eigenvalue weighted by Crippen LogP contribution is 2.64. The summed E-state index contributed by atoms with van der Waals surface area (Å²) >= 11 is 0. The van der Waals surface area contributed by atoms with Crippen molar-refractivity contribution in [1.82, 2.24) is 14.3 Å². The van der Waals surface area contributed by atoms with Crippen LogP contribution in [0, 0.1) is 22.6 Å². The number of piperazine rings is 1. The van der Waals surface area contributed by atoms with E-state index in [9.17, 15) is 17.6 Å². The van der Waals surface area contributed by atoms with Gasteiger partial charge < -0.3 is 4.90 Å². The Kier molecular flexibility index (Phi) is 4.30. The molecule has 148 valence electrons. The van der Waals surface area contributed by atoms with Gasteiger partial charge in [0.2, 0.25) is 16.0 Å². The van der Waals surface area contributed by atoms with Gasteiger partial charge in [-0.3, -0.25) is 4.79 Å². The third kappa shape index (κ3) is 2.86. The van der Waals surface area contributed by atoms with Crippen molar-refractivity contribution in [2.75, 3.05) is 36.8 Å². The van der Waals surface area contributed by atoms with Gasteiger partial charge in [-0.2, -0.15) is 4.31 Å². The standard InChI is InChI=1S/C18H25FN4O3S/c1-17(2)13-3-4-18(17,15(24)9-13)12-27(25,26)23-7-5-22(6-8-23)16-20-10-14(19)11-21-16/h10-11,13H,3-9,12H2,1-2H3/t13-,18+/m1/s1. The number of carbonyl (C=O) groups excluding carboxylic acids is 1. The third-order valence-electron chi connectivity index (χ3n) is 7.09. The third-order valence-corrected chi connectivity index (χ3v) is 9.10. The number of nitrogens with zero attached hydrogens (tertiary/aromatic N) is 4. The molecule has 27 heavy (non-hydrogen) atoms. The number of hydrogen-bond donors (Lipinski definition) is 0. The van der Waals surface area contributed by atoms with Crippen molar-refractivity contribution in [1.29, 1.82) is 0 Å². The molecular formula is C18H25FN4O3S. The van der Waals surface area contributed by atoms with Crippen molar-refractivity contribution in [2.45, 2.75) is 33.1 Å². The fraction of sp³-hybridized carbons (Fsp3) is 0.722. The molecule has 0 unspecified atom stereocenters. The highest BCUT2D eigenvalue weighted by molar-refractivity contribution is 7.89. The van der Waals surface area contributed by atoms with Crippen molar-refractivity contribution in [3.63, 3.8) is 0 Å². The Bertz CT molecular complexity index is 850. The lowest BCUT2D eigenvalue weighted by Gasteiger charge is -2.39. The SMILES string of the molecule is CC1(C)[C@@H]2CC[C@]1(CS(=O)(=O)N1CCN(c3ncc(F)cn3)CC1)C(=O)C2. The molecule has 1 aromatic heterocycles. The number of aromatic nitrogens is 2. The van der Waals surface area contributed by atoms with Crippen molar-refractivity contribution in [3.8, 4) is 0 Å². The minimum Gasteiger partial charge on any atom is -0.338 e. The molecule has 3 fully saturated rings. The summed E-state index contributed by atoms with van der Waals surface area (Å²) in [6, 6.07) is 0. The number of ketones is 1. The van der Waals surface area contributed by atoms with E-state index in [1.807, 2.05) is 4.90 Å². The molecule has 0 N–H and O–H groups in total. The zero-order chi connectivity index (χ0) is 19.4. The van der Waals surface area contributed by atoms with E-state index in [0.29, 0.717) is 50.9 Å². The molecule has 7 nitrogen and oxygen atoms in total. The van der Waals surface area contributed by atoms with Gasteiger partial charge in [0.1, 0.15) is 5.78 Å². The van der Waals surface area contributed by atoms with Crippen LogP contribution in [0.15, 0.2) is 12.4 Å². The normalized spacial score (nSPS) is 30.9. The molecule has 2 aliphatic carbocycles. The molecule has 0 radical (unpaired) electrons. The van der Waals surface area contributed by atoms with Crippen molar-refractivity contribution >= 4 is 21.8 Å². The van der Waals surface area contributed by atoms with Gasteiger partial charge in [-0.05, 0) is 24.2 Å². The first-order chi connectivity index (χ1) is 12.7. The van der Waals surface area contributed by atoms with Crippen LogP contribution in [0.5, 0.6) is 0 Å². The first-order valence-corrected chi connectivity index (χ1v) is 11.0. The van der Waals surface area contributed by atoms with Crippen LogP contribution in [0.3, 0.4) is 0 Å². The maximum absolute atomic E-state index is 13.1. The van der Waals surface area contributed by atoms with E-state index >= 15 is 0 Å². The lowest BCUT2D eigenvalue weighted by Crippen LogP contribution is -2.53. The highest BCUT2D eigenvalue weighted by atomic mass is 32.2. The van der Waals surface area contributed by atoms with Crippen LogP contribution >= 0.6 is 0 Å². The second-order valence-corrected chi connectivity index (χ2v) is 10.5. The summed E-state index contributed by atoms with van der Waals surface area (Å²) in [5.41, 5.74) is -1.01. The number of carbonyl (C=O) groups is 1. The molecule has 2 atom stereocenters. The quantitative estimate of drug-likeness (QED) is 0.766. The maximum Gasteiger partial charge on any atom is 0.225 e. The van der Waals surface area contributed by atoms with Gasteiger partial charge in [-0.25, -0.2) is 22.8 Å². The Morgan fingerprint density at radius 2 is 1.81 bits per heavy atom. The molecule has 0 spiro atoms. The van der Waals surface area contributed by atoms with E-state index in [-0.39, 0.29) is 17.0 Å². The molecule has 9 heteroatoms. The molecule has 4 rings (SSSR count). The maximum atomic E-state index is 13.1. The molecule has 1 aliphatic heterocycles. The number of hydrogen-bond acceptors (Lipinski definition) is 6. The fourth-order valence-electron chi connectivity index (χ4n) is 5.15. The molecule has 0 aromatic carbocycles. The lowest BCUT2D eigenvalue weighted by molar-refractivity contribution is -0.128. The van der Waals surface area contributed by atoms with Crippen LogP contribution in [0.4, 0.5) is 10.3 Å². The topological polar surface area (TPSA) is 83.5 Å². The smallest absolute Gasteiger partial charge is 0.225 e. The molecular weight excluding hydrogens is 371 g/mol. The number of fused-ring (bicyclic) bond motifs is 2. The second-order valence-electron chi connectivity index (χ2n) is 8.51. The molecule has 2 saturated carbocycles. The average molecular weight is 396 g/mol. The van der Waals surface area contributed by atoms with Gasteiger partial charge >= 0.3 is 0 Å². The first-order valence-electron chi connectivity index (χ1n) is 9.39. The summed E-state index contributed by atoms with van der Waals surface area (Å²) in [7, 11) is -3.54. The molecule has 0 amide bonds. The number of anilines is 1. The summed E-state index contributed by atoms with van der Waals surface area (Å²) in [6.07, 6.45) is 4.33. The fourth-order valence-corrected chi connectivity index (χ4v) is 7.35. The molecule has 1 aromatic rings. The monoisotopic (exact) mass is 396 g/mol. The Hall–Kier alpha value is -1.61. The largest absolute Gasteiger partial charge is 0.338 e. The van der Waals surface area contributed by atoms with E-state index < -0.39 is 21.3 Å². The molecule has 2 heterocycles. The van der Waals surface area contributed by atoms with Crippen molar-refractivity contribution in [3.05, 3.63) is 18.2 Å². The van der Waals surface area contributed by atoms with Crippen LogP contribution in [0.25, 0.3) is 0 Å². The predicted molar refractivity (Wildman–Crippen MR) is 98.1 cm³/mol. The van der Waals surface area contributed by atoms with E-state index in [0.717, 1.165) is 18.8 Å². The molecule has 2 bridgehead atoms. The molecule has 1 saturated heterocycles. The van der Waals surface area contributed by atoms with Crippen LogP contribution < -0.4 is 4.90 Å². The minimum absolute atomic E-state index is 0.0879. The van der Waals surface area contributed by atoms with Crippen LogP contribution in [0.2, 0.25) is 0 Å². The Morgan fingerprint density at radius 1 is 1.19 bits per heavy atom. The summed E-state index contributed by atoms with van der Waals surface area (Å²) in [5.74, 6) is 0.226. The Balaban J connectivity index is 1.46. The first kappa shape index (κ1) is 18.7. The van der Waals surface area contributed by atoms with Crippen LogP contribution in [-0.4, -0.2) is 60.4 Å². The summed E-state index contributed by atoms with van der Waals surface area (Å²) < 4.78 is 40.7. The van der Waals surface area contributed by atoms with Gasteiger partial charge in [-0.1, -0.05) is 13.8 Å². The average Bonchev–Trinajstić information content (AvgIpc) is 2.96. The minimum atomic E-state index is -3.54.